The van der Waals surface area contributed by atoms with Gasteiger partial charge in [0, 0.05) is 37.3 Å². The highest BCUT2D eigenvalue weighted by Crippen LogP contribution is 2.25. The number of hydrogen-bond acceptors (Lipinski definition) is 6. The topological polar surface area (TPSA) is 79.6 Å². The number of aromatic nitrogens is 2. The largest absolute Gasteiger partial charge is 0.423 e. The van der Waals surface area contributed by atoms with Crippen LogP contribution in [0.5, 0.6) is 0 Å². The molecule has 3 aromatic rings. The Labute approximate surface area is 156 Å². The Morgan fingerprint density at radius 2 is 1.93 bits per heavy atom. The molecule has 27 heavy (non-hydrogen) atoms. The van der Waals surface area contributed by atoms with Gasteiger partial charge in [0.1, 0.15) is 0 Å². The number of pyridine rings is 2. The zero-order valence-electron chi connectivity index (χ0n) is 14.9. The summed E-state index contributed by atoms with van der Waals surface area (Å²) < 4.78 is 6.07. The van der Waals surface area contributed by atoms with E-state index in [1.807, 2.05) is 24.3 Å². The minimum absolute atomic E-state index is 0.151. The van der Waals surface area contributed by atoms with Crippen LogP contribution in [0.2, 0.25) is 0 Å². The van der Waals surface area contributed by atoms with Gasteiger partial charge in [-0.2, -0.15) is 0 Å². The van der Waals surface area contributed by atoms with Crippen LogP contribution in [-0.2, 0) is 4.74 Å². The van der Waals surface area contributed by atoms with Crippen molar-refractivity contribution in [3.8, 4) is 0 Å². The standard InChI is InChI=1S/C20H22N4O3/c25-19-13-17(16-7-4-8-21-20(16)24(19)26)22-14-18(15-5-2-1-3-6-15)23-9-11-27-12-10-23/h1-8,13,18,22,26H,9-12,14H2. The molecule has 1 saturated heterocycles. The van der Waals surface area contributed by atoms with Crippen LogP contribution in [0.1, 0.15) is 11.6 Å². The molecule has 0 aliphatic carbocycles. The fraction of sp³-hybridized carbons (Fsp3) is 0.300. The summed E-state index contributed by atoms with van der Waals surface area (Å²) in [5, 5.41) is 14.0. The number of morpholine rings is 1. The third-order valence-electron chi connectivity index (χ3n) is 4.91. The number of nitrogens with one attached hydrogen (secondary N) is 1. The van der Waals surface area contributed by atoms with Gasteiger partial charge >= 0.3 is 0 Å². The molecule has 140 valence electrons. The van der Waals surface area contributed by atoms with Crippen molar-refractivity contribution in [1.82, 2.24) is 14.6 Å². The first kappa shape index (κ1) is 17.5. The molecule has 0 bridgehead atoms. The Balaban J connectivity index is 1.64. The second kappa shape index (κ2) is 7.77. The highest BCUT2D eigenvalue weighted by molar-refractivity contribution is 5.88. The van der Waals surface area contributed by atoms with Crippen molar-refractivity contribution in [2.24, 2.45) is 0 Å². The monoisotopic (exact) mass is 366 g/mol. The lowest BCUT2D eigenvalue weighted by Crippen LogP contribution is -2.41. The fourth-order valence-electron chi connectivity index (χ4n) is 3.52. The molecule has 2 aromatic heterocycles. The third kappa shape index (κ3) is 3.65. The van der Waals surface area contributed by atoms with Crippen molar-refractivity contribution in [1.29, 1.82) is 0 Å². The number of hydrogen-bond donors (Lipinski definition) is 2. The molecule has 1 aromatic carbocycles. The molecule has 0 radical (unpaired) electrons. The molecule has 3 heterocycles. The Hall–Kier alpha value is -2.90. The van der Waals surface area contributed by atoms with Crippen molar-refractivity contribution >= 4 is 16.7 Å². The summed E-state index contributed by atoms with van der Waals surface area (Å²) in [5.74, 6) is 0. The molecule has 1 fully saturated rings. The summed E-state index contributed by atoms with van der Waals surface area (Å²) in [6.45, 7) is 3.79. The summed E-state index contributed by atoms with van der Waals surface area (Å²) in [7, 11) is 0. The number of nitrogens with zero attached hydrogens (tertiary/aromatic N) is 3. The predicted octanol–water partition coefficient (Wildman–Crippen LogP) is 2.12. The van der Waals surface area contributed by atoms with Crippen molar-refractivity contribution in [3.05, 3.63) is 70.6 Å². The van der Waals surface area contributed by atoms with Gasteiger partial charge in [-0.05, 0) is 17.7 Å². The number of fused-ring (bicyclic) bond motifs is 1. The van der Waals surface area contributed by atoms with E-state index in [-0.39, 0.29) is 11.7 Å². The van der Waals surface area contributed by atoms with E-state index in [1.54, 1.807) is 12.3 Å². The van der Waals surface area contributed by atoms with E-state index in [9.17, 15) is 10.0 Å². The molecule has 1 unspecified atom stereocenters. The van der Waals surface area contributed by atoms with E-state index in [0.29, 0.717) is 22.3 Å². The number of benzene rings is 1. The number of ether oxygens (including phenoxy) is 1. The predicted molar refractivity (Wildman–Crippen MR) is 103 cm³/mol. The van der Waals surface area contributed by atoms with E-state index in [4.69, 9.17) is 4.74 Å². The Bertz CT molecular complexity index is 968. The van der Waals surface area contributed by atoms with Crippen LogP contribution in [0.4, 0.5) is 5.69 Å². The van der Waals surface area contributed by atoms with E-state index in [2.05, 4.69) is 27.3 Å². The van der Waals surface area contributed by atoms with Gasteiger partial charge in [-0.15, -0.1) is 4.73 Å². The van der Waals surface area contributed by atoms with Crippen molar-refractivity contribution in [2.75, 3.05) is 38.2 Å². The average molecular weight is 366 g/mol. The second-order valence-corrected chi connectivity index (χ2v) is 6.54. The highest BCUT2D eigenvalue weighted by atomic mass is 16.5. The average Bonchev–Trinajstić information content (AvgIpc) is 2.73. The van der Waals surface area contributed by atoms with Gasteiger partial charge in [0.05, 0.1) is 24.9 Å². The quantitative estimate of drug-likeness (QED) is 0.674. The first-order valence-corrected chi connectivity index (χ1v) is 9.05. The van der Waals surface area contributed by atoms with Gasteiger partial charge in [-0.3, -0.25) is 9.69 Å². The van der Waals surface area contributed by atoms with Crippen LogP contribution in [0.3, 0.4) is 0 Å². The van der Waals surface area contributed by atoms with Crippen LogP contribution < -0.4 is 10.9 Å². The van der Waals surface area contributed by atoms with Crippen LogP contribution >= 0.6 is 0 Å². The smallest absolute Gasteiger partial charge is 0.286 e. The van der Waals surface area contributed by atoms with Crippen LogP contribution in [-0.4, -0.2) is 52.7 Å². The van der Waals surface area contributed by atoms with E-state index >= 15 is 0 Å². The zero-order valence-corrected chi connectivity index (χ0v) is 14.9. The molecule has 1 atom stereocenters. The van der Waals surface area contributed by atoms with E-state index in [0.717, 1.165) is 26.3 Å². The number of anilines is 1. The molecule has 2 N–H and O–H groups in total. The van der Waals surface area contributed by atoms with Crippen molar-refractivity contribution in [2.45, 2.75) is 6.04 Å². The maximum atomic E-state index is 12.1. The third-order valence-corrected chi connectivity index (χ3v) is 4.91. The lowest BCUT2D eigenvalue weighted by molar-refractivity contribution is 0.0187. The zero-order chi connectivity index (χ0) is 18.6. The Kier molecular flexibility index (Phi) is 5.04. The lowest BCUT2D eigenvalue weighted by Gasteiger charge is -2.35. The number of rotatable bonds is 5. The van der Waals surface area contributed by atoms with Gasteiger partial charge in [0.25, 0.3) is 5.56 Å². The SMILES string of the molecule is O=c1cc(NCC(c2ccccc2)N2CCOCC2)c2cccnc2n1O. The molecule has 7 nitrogen and oxygen atoms in total. The van der Waals surface area contributed by atoms with Gasteiger partial charge in [0.15, 0.2) is 5.65 Å². The molecule has 1 aliphatic rings. The minimum Gasteiger partial charge on any atom is -0.423 e. The lowest BCUT2D eigenvalue weighted by atomic mass is 10.0. The van der Waals surface area contributed by atoms with Crippen molar-refractivity contribution in [3.63, 3.8) is 0 Å². The second-order valence-electron chi connectivity index (χ2n) is 6.54. The first-order valence-electron chi connectivity index (χ1n) is 9.05. The summed E-state index contributed by atoms with van der Waals surface area (Å²) in [6.07, 6.45) is 1.55. The molecule has 0 spiro atoms. The van der Waals surface area contributed by atoms with Crippen LogP contribution in [0.15, 0.2) is 59.5 Å². The minimum atomic E-state index is -0.508. The molecule has 0 amide bonds. The van der Waals surface area contributed by atoms with Gasteiger partial charge < -0.3 is 15.3 Å². The normalized spacial score (nSPS) is 16.3. The highest BCUT2D eigenvalue weighted by Gasteiger charge is 2.23. The maximum Gasteiger partial charge on any atom is 0.286 e. The fourth-order valence-corrected chi connectivity index (χ4v) is 3.52. The molecule has 0 saturated carbocycles. The maximum absolute atomic E-state index is 12.1. The van der Waals surface area contributed by atoms with Gasteiger partial charge in [-0.1, -0.05) is 30.3 Å². The summed E-state index contributed by atoms with van der Waals surface area (Å²) in [6, 6.07) is 15.5. The molecular weight excluding hydrogens is 344 g/mol. The van der Waals surface area contributed by atoms with Gasteiger partial charge in [-0.25, -0.2) is 4.98 Å². The summed E-state index contributed by atoms with van der Waals surface area (Å²) in [4.78, 5) is 18.6. The first-order chi connectivity index (χ1) is 13.2. The molecule has 7 heteroatoms. The summed E-state index contributed by atoms with van der Waals surface area (Å²) in [5.41, 5.74) is 1.62. The van der Waals surface area contributed by atoms with Gasteiger partial charge in [0.2, 0.25) is 0 Å². The molecular formula is C20H22N4O3. The Morgan fingerprint density at radius 3 is 2.70 bits per heavy atom. The van der Waals surface area contributed by atoms with E-state index < -0.39 is 5.56 Å². The Morgan fingerprint density at radius 1 is 1.15 bits per heavy atom. The van der Waals surface area contributed by atoms with Crippen molar-refractivity contribution < 1.29 is 9.94 Å². The van der Waals surface area contributed by atoms with E-state index in [1.165, 1.54) is 11.6 Å². The summed E-state index contributed by atoms with van der Waals surface area (Å²) >= 11 is 0. The molecule has 1 aliphatic heterocycles. The van der Waals surface area contributed by atoms with Crippen LogP contribution in [0, 0.1) is 0 Å². The van der Waals surface area contributed by atoms with Crippen LogP contribution in [0.25, 0.3) is 11.0 Å². The molecule has 4 rings (SSSR count).